The van der Waals surface area contributed by atoms with Gasteiger partial charge in [-0.3, -0.25) is 0 Å². The zero-order valence-corrected chi connectivity index (χ0v) is 13.3. The molecule has 0 N–H and O–H groups in total. The molecule has 0 fully saturated rings. The van der Waals surface area contributed by atoms with Gasteiger partial charge >= 0.3 is 5.97 Å². The number of esters is 1. The van der Waals surface area contributed by atoms with Crippen LogP contribution in [0.4, 0.5) is 4.39 Å². The zero-order chi connectivity index (χ0) is 17.1. The van der Waals surface area contributed by atoms with Crippen molar-refractivity contribution in [3.8, 4) is 11.5 Å². The summed E-state index contributed by atoms with van der Waals surface area (Å²) >= 11 is 5.96. The van der Waals surface area contributed by atoms with Crippen molar-refractivity contribution in [1.82, 2.24) is 10.2 Å². The predicted octanol–water partition coefficient (Wildman–Crippen LogP) is 4.45. The van der Waals surface area contributed by atoms with Gasteiger partial charge in [0.1, 0.15) is 5.82 Å². The second-order valence-corrected chi connectivity index (χ2v) is 5.39. The number of rotatable bonds is 4. The summed E-state index contributed by atoms with van der Waals surface area (Å²) in [4.78, 5) is 12.1. The van der Waals surface area contributed by atoms with Gasteiger partial charge in [-0.15, -0.1) is 10.2 Å². The highest BCUT2D eigenvalue weighted by molar-refractivity contribution is 6.33. The summed E-state index contributed by atoms with van der Waals surface area (Å²) in [6, 6.07) is 12.2. The third-order valence-electron chi connectivity index (χ3n) is 3.26. The number of hydrogen-bond acceptors (Lipinski definition) is 5. The molecule has 0 saturated heterocycles. The molecule has 0 aliphatic carbocycles. The third-order valence-corrected chi connectivity index (χ3v) is 3.59. The van der Waals surface area contributed by atoms with Crippen molar-refractivity contribution >= 4 is 17.6 Å². The Kier molecular flexibility index (Phi) is 4.57. The first-order valence-corrected chi connectivity index (χ1v) is 7.47. The van der Waals surface area contributed by atoms with Crippen LogP contribution in [0.3, 0.4) is 0 Å². The fraction of sp³-hybridized carbons (Fsp3) is 0.118. The molecule has 0 bridgehead atoms. The molecular weight excluding hydrogens is 335 g/mol. The van der Waals surface area contributed by atoms with E-state index in [9.17, 15) is 9.18 Å². The molecule has 0 aliphatic heterocycles. The Morgan fingerprint density at radius 1 is 1.17 bits per heavy atom. The highest BCUT2D eigenvalue weighted by atomic mass is 35.5. The molecule has 0 radical (unpaired) electrons. The Bertz CT molecular complexity index is 864. The van der Waals surface area contributed by atoms with Gasteiger partial charge in [-0.2, -0.15) is 0 Å². The van der Waals surface area contributed by atoms with Gasteiger partial charge in [-0.05, 0) is 43.3 Å². The fourth-order valence-corrected chi connectivity index (χ4v) is 2.22. The lowest BCUT2D eigenvalue weighted by atomic mass is 10.2. The van der Waals surface area contributed by atoms with Gasteiger partial charge < -0.3 is 9.15 Å². The molecular formula is C17H12ClFN2O3. The zero-order valence-electron chi connectivity index (χ0n) is 12.6. The lowest BCUT2D eigenvalue weighted by Crippen LogP contribution is -2.10. The van der Waals surface area contributed by atoms with Crippen LogP contribution >= 0.6 is 11.6 Å². The Balaban J connectivity index is 1.74. The molecule has 24 heavy (non-hydrogen) atoms. The standard InChI is InChI=1S/C17H12ClFN2O3/c1-10(23-17(22)13-4-2-3-5-14(13)18)15-20-21-16(24-15)11-6-8-12(19)9-7-11/h2-10H,1H3/t10-/m0/s1. The molecule has 5 nitrogen and oxygen atoms in total. The average molecular weight is 347 g/mol. The van der Waals surface area contributed by atoms with Gasteiger partial charge in [-0.1, -0.05) is 23.7 Å². The van der Waals surface area contributed by atoms with Gasteiger partial charge in [-0.25, -0.2) is 9.18 Å². The molecule has 0 saturated carbocycles. The van der Waals surface area contributed by atoms with E-state index in [1.54, 1.807) is 31.2 Å². The van der Waals surface area contributed by atoms with E-state index in [2.05, 4.69) is 10.2 Å². The summed E-state index contributed by atoms with van der Waals surface area (Å²) in [5.41, 5.74) is 0.823. The second kappa shape index (κ2) is 6.80. The van der Waals surface area contributed by atoms with Crippen LogP contribution in [0.1, 0.15) is 29.3 Å². The number of benzene rings is 2. The Hall–Kier alpha value is -2.73. The average Bonchev–Trinajstić information content (AvgIpc) is 3.06. The minimum absolute atomic E-state index is 0.134. The lowest BCUT2D eigenvalue weighted by molar-refractivity contribution is 0.0280. The van der Waals surface area contributed by atoms with Crippen LogP contribution in [0, 0.1) is 5.82 Å². The van der Waals surface area contributed by atoms with Crippen molar-refractivity contribution in [3.63, 3.8) is 0 Å². The van der Waals surface area contributed by atoms with Crippen LogP contribution < -0.4 is 0 Å². The van der Waals surface area contributed by atoms with Crippen LogP contribution in [0.15, 0.2) is 52.9 Å². The normalized spacial score (nSPS) is 12.0. The number of hydrogen-bond donors (Lipinski definition) is 0. The maximum absolute atomic E-state index is 12.9. The van der Waals surface area contributed by atoms with Crippen LogP contribution in [0.5, 0.6) is 0 Å². The van der Waals surface area contributed by atoms with E-state index in [0.29, 0.717) is 10.6 Å². The van der Waals surface area contributed by atoms with E-state index in [4.69, 9.17) is 20.8 Å². The minimum Gasteiger partial charge on any atom is -0.449 e. The molecule has 1 atom stereocenters. The van der Waals surface area contributed by atoms with Gasteiger partial charge in [0.2, 0.25) is 5.89 Å². The summed E-state index contributed by atoms with van der Waals surface area (Å²) in [6.07, 6.45) is -0.754. The topological polar surface area (TPSA) is 65.2 Å². The van der Waals surface area contributed by atoms with Crippen LogP contribution in [0.25, 0.3) is 11.5 Å². The number of ether oxygens (including phenoxy) is 1. The van der Waals surface area contributed by atoms with Crippen LogP contribution in [0.2, 0.25) is 5.02 Å². The van der Waals surface area contributed by atoms with E-state index in [-0.39, 0.29) is 23.2 Å². The largest absolute Gasteiger partial charge is 0.449 e. The molecule has 3 rings (SSSR count). The van der Waals surface area contributed by atoms with Crippen molar-refractivity contribution in [2.75, 3.05) is 0 Å². The molecule has 122 valence electrons. The molecule has 1 aromatic heterocycles. The molecule has 0 spiro atoms. The molecule has 2 aromatic carbocycles. The minimum atomic E-state index is -0.754. The highest BCUT2D eigenvalue weighted by Gasteiger charge is 2.21. The van der Waals surface area contributed by atoms with Gasteiger partial charge in [0.05, 0.1) is 10.6 Å². The first-order chi connectivity index (χ1) is 11.5. The Labute approximate surface area is 142 Å². The maximum atomic E-state index is 12.9. The molecule has 0 aliphatic rings. The summed E-state index contributed by atoms with van der Waals surface area (Å²) in [5.74, 6) is -0.601. The maximum Gasteiger partial charge on any atom is 0.340 e. The fourth-order valence-electron chi connectivity index (χ4n) is 2.01. The van der Waals surface area contributed by atoms with Gasteiger partial charge in [0.25, 0.3) is 5.89 Å². The van der Waals surface area contributed by atoms with Crippen LogP contribution in [-0.2, 0) is 4.74 Å². The summed E-state index contributed by atoms with van der Waals surface area (Å²) in [6.45, 7) is 1.61. The molecule has 1 heterocycles. The van der Waals surface area contributed by atoms with Crippen LogP contribution in [-0.4, -0.2) is 16.2 Å². The molecule has 3 aromatic rings. The smallest absolute Gasteiger partial charge is 0.340 e. The van der Waals surface area contributed by atoms with E-state index in [0.717, 1.165) is 0 Å². The molecule has 0 unspecified atom stereocenters. The van der Waals surface area contributed by atoms with Crippen molar-refractivity contribution in [2.24, 2.45) is 0 Å². The first-order valence-electron chi connectivity index (χ1n) is 7.09. The monoisotopic (exact) mass is 346 g/mol. The lowest BCUT2D eigenvalue weighted by Gasteiger charge is -2.10. The number of carbonyl (C=O) groups excluding carboxylic acids is 1. The quantitative estimate of drug-likeness (QED) is 0.653. The number of carbonyl (C=O) groups is 1. The Morgan fingerprint density at radius 2 is 1.88 bits per heavy atom. The summed E-state index contributed by atoms with van der Waals surface area (Å²) in [5, 5.41) is 8.04. The second-order valence-electron chi connectivity index (χ2n) is 4.98. The molecule has 0 amide bonds. The van der Waals surface area contributed by atoms with Crippen molar-refractivity contribution in [3.05, 3.63) is 70.8 Å². The first kappa shape index (κ1) is 16.1. The number of aromatic nitrogens is 2. The van der Waals surface area contributed by atoms with Crippen molar-refractivity contribution < 1.29 is 18.3 Å². The summed E-state index contributed by atoms with van der Waals surface area (Å²) < 4.78 is 23.7. The molecule has 7 heteroatoms. The summed E-state index contributed by atoms with van der Waals surface area (Å²) in [7, 11) is 0. The number of nitrogens with zero attached hydrogens (tertiary/aromatic N) is 2. The Morgan fingerprint density at radius 3 is 2.58 bits per heavy atom. The van der Waals surface area contributed by atoms with Crippen molar-refractivity contribution in [1.29, 1.82) is 0 Å². The van der Waals surface area contributed by atoms with E-state index in [1.165, 1.54) is 24.3 Å². The van der Waals surface area contributed by atoms with Crippen molar-refractivity contribution in [2.45, 2.75) is 13.0 Å². The van der Waals surface area contributed by atoms with E-state index >= 15 is 0 Å². The SMILES string of the molecule is C[C@H](OC(=O)c1ccccc1Cl)c1nnc(-c2ccc(F)cc2)o1. The van der Waals surface area contributed by atoms with E-state index < -0.39 is 12.1 Å². The van der Waals surface area contributed by atoms with E-state index in [1.807, 2.05) is 0 Å². The predicted molar refractivity (Wildman–Crippen MR) is 85.0 cm³/mol. The third kappa shape index (κ3) is 3.44. The highest BCUT2D eigenvalue weighted by Crippen LogP contribution is 2.24. The number of halogens is 2. The van der Waals surface area contributed by atoms with Gasteiger partial charge in [0, 0.05) is 5.56 Å². The van der Waals surface area contributed by atoms with Gasteiger partial charge in [0.15, 0.2) is 6.10 Å².